The number of methoxy groups -OCH3 is 2. The number of carbonyl (C=O) groups excluding carboxylic acids is 1. The lowest BCUT2D eigenvalue weighted by atomic mass is 10.0. The third-order valence-electron chi connectivity index (χ3n) is 3.89. The molecule has 25 heavy (non-hydrogen) atoms. The number of hydrogen-bond donors (Lipinski definition) is 1. The summed E-state index contributed by atoms with van der Waals surface area (Å²) in [6.45, 7) is 2.04. The first-order valence-electron chi connectivity index (χ1n) is 7.80. The number of ether oxygens (including phenoxy) is 2. The Labute approximate surface area is 151 Å². The Morgan fingerprint density at radius 1 is 1.00 bits per heavy atom. The van der Waals surface area contributed by atoms with Crippen LogP contribution in [-0.2, 0) is 0 Å². The summed E-state index contributed by atoms with van der Waals surface area (Å²) >= 11 is 1.42. The smallest absolute Gasteiger partial charge is 0.266 e. The van der Waals surface area contributed by atoms with Crippen molar-refractivity contribution in [3.63, 3.8) is 0 Å². The molecule has 1 N–H and O–H groups in total. The van der Waals surface area contributed by atoms with E-state index in [-0.39, 0.29) is 5.91 Å². The zero-order valence-corrected chi connectivity index (χ0v) is 15.1. The summed E-state index contributed by atoms with van der Waals surface area (Å²) in [4.78, 5) is 13.4. The Kier molecular flexibility index (Phi) is 5.05. The monoisotopic (exact) mass is 353 g/mol. The fourth-order valence-electron chi connectivity index (χ4n) is 2.53. The Morgan fingerprint density at radius 2 is 1.76 bits per heavy atom. The minimum Gasteiger partial charge on any atom is -0.497 e. The summed E-state index contributed by atoms with van der Waals surface area (Å²) in [5.41, 5.74) is 3.75. The maximum atomic E-state index is 12.8. The van der Waals surface area contributed by atoms with Gasteiger partial charge in [-0.1, -0.05) is 29.8 Å². The molecule has 3 aromatic rings. The lowest BCUT2D eigenvalue weighted by Crippen LogP contribution is -2.12. The van der Waals surface area contributed by atoms with E-state index in [0.29, 0.717) is 22.1 Å². The molecule has 4 nitrogen and oxygen atoms in total. The fraction of sp³-hybridized carbons (Fsp3) is 0.150. The number of rotatable bonds is 5. The first-order chi connectivity index (χ1) is 12.1. The maximum absolute atomic E-state index is 12.8. The summed E-state index contributed by atoms with van der Waals surface area (Å²) < 4.78 is 10.5. The van der Waals surface area contributed by atoms with Crippen molar-refractivity contribution in [1.82, 2.24) is 0 Å². The second-order valence-electron chi connectivity index (χ2n) is 5.55. The minimum absolute atomic E-state index is 0.158. The van der Waals surface area contributed by atoms with E-state index < -0.39 is 0 Å². The molecule has 0 saturated carbocycles. The van der Waals surface area contributed by atoms with Gasteiger partial charge in [0, 0.05) is 11.6 Å². The average Bonchev–Trinajstić information content (AvgIpc) is 3.12. The quantitative estimate of drug-likeness (QED) is 0.703. The molecule has 128 valence electrons. The van der Waals surface area contributed by atoms with Crippen LogP contribution in [0.4, 0.5) is 5.69 Å². The molecule has 0 fully saturated rings. The summed E-state index contributed by atoms with van der Waals surface area (Å²) in [6, 6.07) is 15.4. The molecule has 1 heterocycles. The van der Waals surface area contributed by atoms with Crippen molar-refractivity contribution in [2.45, 2.75) is 6.92 Å². The van der Waals surface area contributed by atoms with E-state index in [1.807, 2.05) is 42.6 Å². The maximum Gasteiger partial charge on any atom is 0.266 e. The SMILES string of the molecule is COc1ccc(NC(=O)c2sccc2-c2ccc(C)cc2)c(OC)c1. The van der Waals surface area contributed by atoms with Gasteiger partial charge in [-0.05, 0) is 36.1 Å². The highest BCUT2D eigenvalue weighted by atomic mass is 32.1. The van der Waals surface area contributed by atoms with Gasteiger partial charge in [-0.2, -0.15) is 0 Å². The van der Waals surface area contributed by atoms with Gasteiger partial charge < -0.3 is 14.8 Å². The van der Waals surface area contributed by atoms with Crippen molar-refractivity contribution in [3.8, 4) is 22.6 Å². The van der Waals surface area contributed by atoms with Gasteiger partial charge in [0.15, 0.2) is 0 Å². The van der Waals surface area contributed by atoms with Crippen molar-refractivity contribution in [2.24, 2.45) is 0 Å². The number of thiophene rings is 1. The van der Waals surface area contributed by atoms with Crippen LogP contribution in [0.15, 0.2) is 53.9 Å². The Hall–Kier alpha value is -2.79. The second-order valence-corrected chi connectivity index (χ2v) is 6.47. The van der Waals surface area contributed by atoms with E-state index in [0.717, 1.165) is 11.1 Å². The van der Waals surface area contributed by atoms with Gasteiger partial charge in [-0.15, -0.1) is 11.3 Å². The number of benzene rings is 2. The standard InChI is InChI=1S/C20H19NO3S/c1-13-4-6-14(7-5-13)16-10-11-25-19(16)20(22)21-17-9-8-15(23-2)12-18(17)24-3/h4-12H,1-3H3,(H,21,22). The molecule has 0 aliphatic carbocycles. The molecule has 0 radical (unpaired) electrons. The van der Waals surface area contributed by atoms with E-state index in [2.05, 4.69) is 5.32 Å². The highest BCUT2D eigenvalue weighted by Gasteiger charge is 2.16. The van der Waals surface area contributed by atoms with E-state index in [9.17, 15) is 4.79 Å². The van der Waals surface area contributed by atoms with Crippen molar-refractivity contribution in [2.75, 3.05) is 19.5 Å². The molecule has 0 aliphatic heterocycles. The zero-order valence-electron chi connectivity index (χ0n) is 14.3. The van der Waals surface area contributed by atoms with Crippen LogP contribution in [0.1, 0.15) is 15.2 Å². The predicted molar refractivity (Wildman–Crippen MR) is 102 cm³/mol. The van der Waals surface area contributed by atoms with Gasteiger partial charge in [0.05, 0.1) is 24.8 Å². The van der Waals surface area contributed by atoms with Crippen LogP contribution in [0.25, 0.3) is 11.1 Å². The molecule has 0 bridgehead atoms. The van der Waals surface area contributed by atoms with E-state index in [1.54, 1.807) is 32.4 Å². The van der Waals surface area contributed by atoms with Crippen LogP contribution in [0.5, 0.6) is 11.5 Å². The predicted octanol–water partition coefficient (Wildman–Crippen LogP) is 4.99. The highest BCUT2D eigenvalue weighted by molar-refractivity contribution is 7.12. The van der Waals surface area contributed by atoms with Crippen LogP contribution < -0.4 is 14.8 Å². The second kappa shape index (κ2) is 7.40. The molecule has 0 spiro atoms. The summed E-state index contributed by atoms with van der Waals surface area (Å²) in [5.74, 6) is 1.07. The summed E-state index contributed by atoms with van der Waals surface area (Å²) in [7, 11) is 3.15. The van der Waals surface area contributed by atoms with Crippen molar-refractivity contribution in [3.05, 3.63) is 64.4 Å². The van der Waals surface area contributed by atoms with Crippen LogP contribution in [0.3, 0.4) is 0 Å². The van der Waals surface area contributed by atoms with Gasteiger partial charge in [0.25, 0.3) is 5.91 Å². The van der Waals surface area contributed by atoms with Gasteiger partial charge in [0.1, 0.15) is 11.5 Å². The van der Waals surface area contributed by atoms with E-state index in [4.69, 9.17) is 9.47 Å². The van der Waals surface area contributed by atoms with Crippen molar-refractivity contribution < 1.29 is 14.3 Å². The molecule has 0 saturated heterocycles. The zero-order chi connectivity index (χ0) is 17.8. The average molecular weight is 353 g/mol. The molecular weight excluding hydrogens is 334 g/mol. The molecular formula is C20H19NO3S. The van der Waals surface area contributed by atoms with Crippen molar-refractivity contribution in [1.29, 1.82) is 0 Å². The van der Waals surface area contributed by atoms with Gasteiger partial charge in [0.2, 0.25) is 0 Å². The first kappa shape index (κ1) is 17.0. The summed E-state index contributed by atoms with van der Waals surface area (Å²) in [6.07, 6.45) is 0. The van der Waals surface area contributed by atoms with Gasteiger partial charge in [-0.25, -0.2) is 0 Å². The van der Waals surface area contributed by atoms with Crippen LogP contribution in [0, 0.1) is 6.92 Å². The molecule has 0 unspecified atom stereocenters. The Morgan fingerprint density at radius 3 is 2.44 bits per heavy atom. The van der Waals surface area contributed by atoms with Crippen molar-refractivity contribution >= 4 is 22.9 Å². The van der Waals surface area contributed by atoms with Crippen LogP contribution in [-0.4, -0.2) is 20.1 Å². The van der Waals surface area contributed by atoms with Crippen LogP contribution in [0.2, 0.25) is 0 Å². The Bertz CT molecular complexity index is 884. The number of carbonyl (C=O) groups is 1. The highest BCUT2D eigenvalue weighted by Crippen LogP contribution is 2.32. The van der Waals surface area contributed by atoms with Crippen LogP contribution >= 0.6 is 11.3 Å². The number of nitrogens with one attached hydrogen (secondary N) is 1. The summed E-state index contributed by atoms with van der Waals surface area (Å²) in [5, 5.41) is 4.85. The van der Waals surface area contributed by atoms with E-state index in [1.165, 1.54) is 16.9 Å². The molecule has 1 amide bonds. The van der Waals surface area contributed by atoms with Gasteiger partial charge >= 0.3 is 0 Å². The molecule has 0 aliphatic rings. The third kappa shape index (κ3) is 3.67. The largest absolute Gasteiger partial charge is 0.497 e. The first-order valence-corrected chi connectivity index (χ1v) is 8.68. The topological polar surface area (TPSA) is 47.6 Å². The van der Waals surface area contributed by atoms with E-state index >= 15 is 0 Å². The third-order valence-corrected chi connectivity index (χ3v) is 4.80. The normalized spacial score (nSPS) is 10.4. The number of hydrogen-bond acceptors (Lipinski definition) is 4. The number of aryl methyl sites for hydroxylation is 1. The molecule has 1 aromatic heterocycles. The fourth-order valence-corrected chi connectivity index (χ4v) is 3.34. The molecule has 2 aromatic carbocycles. The number of amides is 1. The van der Waals surface area contributed by atoms with Gasteiger partial charge in [-0.3, -0.25) is 4.79 Å². The molecule has 3 rings (SSSR count). The number of anilines is 1. The Balaban J connectivity index is 1.88. The lowest BCUT2D eigenvalue weighted by molar-refractivity contribution is 0.103. The lowest BCUT2D eigenvalue weighted by Gasteiger charge is -2.12. The minimum atomic E-state index is -0.158. The molecule has 5 heteroatoms. The molecule has 0 atom stereocenters.